The Labute approximate surface area is 114 Å². The van der Waals surface area contributed by atoms with Crippen molar-refractivity contribution in [3.63, 3.8) is 0 Å². The second-order valence-electron chi connectivity index (χ2n) is 4.42. The van der Waals surface area contributed by atoms with E-state index in [0.717, 1.165) is 6.42 Å². The number of nitrogens with one attached hydrogen (secondary N) is 1. The Bertz CT molecular complexity index is 422. The molecule has 1 atom stereocenters. The van der Waals surface area contributed by atoms with Crippen molar-refractivity contribution in [3.8, 4) is 0 Å². The van der Waals surface area contributed by atoms with Gasteiger partial charge >= 0.3 is 5.97 Å². The zero-order valence-electron chi connectivity index (χ0n) is 11.8. The molecule has 106 valence electrons. The van der Waals surface area contributed by atoms with Crippen molar-refractivity contribution in [2.45, 2.75) is 39.2 Å². The first kappa shape index (κ1) is 15.6. The quantitative estimate of drug-likeness (QED) is 0.772. The summed E-state index contributed by atoms with van der Waals surface area (Å²) in [5, 5.41) is 3.22. The van der Waals surface area contributed by atoms with Crippen LogP contribution >= 0.6 is 0 Å². The monoisotopic (exact) mass is 267 g/mol. The number of carbonyl (C=O) groups is 1. The lowest BCUT2D eigenvalue weighted by Gasteiger charge is -2.32. The molecule has 0 aliphatic rings. The zero-order valence-corrected chi connectivity index (χ0v) is 11.8. The molecule has 0 heterocycles. The topological polar surface area (TPSA) is 38.3 Å². The molecule has 0 aromatic heterocycles. The molecule has 4 heteroatoms. The van der Waals surface area contributed by atoms with Gasteiger partial charge in [-0.15, -0.1) is 0 Å². The molecule has 1 N–H and O–H groups in total. The number of hydrogen-bond donors (Lipinski definition) is 1. The minimum atomic E-state index is -0.964. The summed E-state index contributed by atoms with van der Waals surface area (Å²) in [7, 11) is 0. The number of rotatable bonds is 7. The van der Waals surface area contributed by atoms with Gasteiger partial charge in [-0.2, -0.15) is 0 Å². The average molecular weight is 267 g/mol. The lowest BCUT2D eigenvalue weighted by Crippen LogP contribution is -2.50. The summed E-state index contributed by atoms with van der Waals surface area (Å²) in [6, 6.07) is 6.13. The predicted octanol–water partition coefficient (Wildman–Crippen LogP) is 2.99. The van der Waals surface area contributed by atoms with Crippen LogP contribution in [0.25, 0.3) is 0 Å². The van der Waals surface area contributed by atoms with Gasteiger partial charge in [0.1, 0.15) is 11.4 Å². The molecule has 1 rings (SSSR count). The second-order valence-corrected chi connectivity index (χ2v) is 4.42. The Balaban J connectivity index is 3.18. The van der Waals surface area contributed by atoms with E-state index in [-0.39, 0.29) is 11.8 Å². The van der Waals surface area contributed by atoms with Crippen LogP contribution in [0.4, 0.5) is 4.39 Å². The smallest absolute Gasteiger partial charge is 0.330 e. The number of ether oxygens (including phenoxy) is 1. The lowest BCUT2D eigenvalue weighted by molar-refractivity contribution is -0.152. The molecule has 0 radical (unpaired) electrons. The molecule has 0 saturated carbocycles. The van der Waals surface area contributed by atoms with E-state index < -0.39 is 5.54 Å². The fourth-order valence-electron chi connectivity index (χ4n) is 2.11. The minimum Gasteiger partial charge on any atom is -0.464 e. The van der Waals surface area contributed by atoms with E-state index in [1.165, 1.54) is 12.1 Å². The molecule has 0 bridgehead atoms. The van der Waals surface area contributed by atoms with E-state index in [0.29, 0.717) is 25.1 Å². The van der Waals surface area contributed by atoms with Crippen LogP contribution in [0.15, 0.2) is 24.3 Å². The predicted molar refractivity (Wildman–Crippen MR) is 73.3 cm³/mol. The Hall–Kier alpha value is -1.42. The van der Waals surface area contributed by atoms with E-state index in [9.17, 15) is 9.18 Å². The first-order chi connectivity index (χ1) is 9.10. The van der Waals surface area contributed by atoms with Gasteiger partial charge in [0, 0.05) is 0 Å². The van der Waals surface area contributed by atoms with E-state index in [1.54, 1.807) is 19.1 Å². The molecule has 19 heavy (non-hydrogen) atoms. The van der Waals surface area contributed by atoms with Gasteiger partial charge < -0.3 is 4.74 Å². The minimum absolute atomic E-state index is 0.309. The van der Waals surface area contributed by atoms with Crippen molar-refractivity contribution in [2.24, 2.45) is 0 Å². The normalized spacial score (nSPS) is 13.9. The average Bonchev–Trinajstić information content (AvgIpc) is 2.40. The van der Waals surface area contributed by atoms with Crippen LogP contribution in [0.3, 0.4) is 0 Å². The largest absolute Gasteiger partial charge is 0.464 e. The van der Waals surface area contributed by atoms with Crippen molar-refractivity contribution >= 4 is 5.97 Å². The third-order valence-corrected chi connectivity index (χ3v) is 3.15. The number of hydrogen-bond acceptors (Lipinski definition) is 3. The summed E-state index contributed by atoms with van der Waals surface area (Å²) >= 11 is 0. The van der Waals surface area contributed by atoms with Gasteiger partial charge in [-0.05, 0) is 44.0 Å². The number of esters is 1. The Morgan fingerprint density at radius 2 is 2.11 bits per heavy atom. The highest BCUT2D eigenvalue weighted by Crippen LogP contribution is 2.27. The maximum atomic E-state index is 13.4. The summed E-state index contributed by atoms with van der Waals surface area (Å²) in [6.45, 7) is 6.66. The summed E-state index contributed by atoms with van der Waals surface area (Å²) < 4.78 is 18.6. The van der Waals surface area contributed by atoms with Crippen molar-refractivity contribution in [1.82, 2.24) is 5.32 Å². The molecular weight excluding hydrogens is 245 g/mol. The lowest BCUT2D eigenvalue weighted by atomic mass is 9.87. The van der Waals surface area contributed by atoms with Crippen LogP contribution in [0.5, 0.6) is 0 Å². The van der Waals surface area contributed by atoms with Gasteiger partial charge in [-0.25, -0.2) is 9.18 Å². The highest BCUT2D eigenvalue weighted by Gasteiger charge is 2.39. The molecule has 0 aliphatic carbocycles. The summed E-state index contributed by atoms with van der Waals surface area (Å²) in [4.78, 5) is 12.3. The van der Waals surface area contributed by atoms with Gasteiger partial charge in [-0.3, -0.25) is 5.32 Å². The van der Waals surface area contributed by atoms with Gasteiger partial charge in [0.05, 0.1) is 6.61 Å². The number of halogens is 1. The molecule has 0 saturated heterocycles. The van der Waals surface area contributed by atoms with Crippen LogP contribution in [0.1, 0.15) is 39.2 Å². The molecule has 3 nitrogen and oxygen atoms in total. The van der Waals surface area contributed by atoms with Gasteiger partial charge in [-0.1, -0.05) is 26.0 Å². The molecule has 0 amide bonds. The van der Waals surface area contributed by atoms with Crippen LogP contribution in [-0.4, -0.2) is 19.1 Å². The Morgan fingerprint density at radius 3 is 2.63 bits per heavy atom. The third kappa shape index (κ3) is 3.53. The molecule has 0 aliphatic heterocycles. The highest BCUT2D eigenvalue weighted by molar-refractivity contribution is 5.82. The first-order valence-corrected chi connectivity index (χ1v) is 6.79. The standard InChI is InChI=1S/C15H22FNO2/c1-4-10-17-15(5-2,14(18)19-6-3)12-8-7-9-13(16)11-12/h7-9,11,17H,4-6,10H2,1-3H3. The van der Waals surface area contributed by atoms with Gasteiger partial charge in [0.2, 0.25) is 0 Å². The fraction of sp³-hybridized carbons (Fsp3) is 0.533. The second kappa shape index (κ2) is 7.24. The van der Waals surface area contributed by atoms with Crippen LogP contribution in [0, 0.1) is 5.82 Å². The Morgan fingerprint density at radius 1 is 1.37 bits per heavy atom. The van der Waals surface area contributed by atoms with Gasteiger partial charge in [0.15, 0.2) is 0 Å². The fourth-order valence-corrected chi connectivity index (χ4v) is 2.11. The van der Waals surface area contributed by atoms with Crippen molar-refractivity contribution in [1.29, 1.82) is 0 Å². The molecule has 1 aromatic carbocycles. The summed E-state index contributed by atoms with van der Waals surface area (Å²) in [5.41, 5.74) is -0.351. The van der Waals surface area contributed by atoms with Crippen LogP contribution in [0.2, 0.25) is 0 Å². The summed E-state index contributed by atoms with van der Waals surface area (Å²) in [5.74, 6) is -0.700. The number of benzene rings is 1. The Kier molecular flexibility index (Phi) is 5.96. The zero-order chi connectivity index (χ0) is 14.3. The van der Waals surface area contributed by atoms with Crippen molar-refractivity contribution in [3.05, 3.63) is 35.6 Å². The van der Waals surface area contributed by atoms with Crippen molar-refractivity contribution in [2.75, 3.05) is 13.2 Å². The SMILES string of the molecule is CCCNC(CC)(C(=O)OCC)c1cccc(F)c1. The molecule has 0 fully saturated rings. The van der Waals surface area contributed by atoms with Crippen molar-refractivity contribution < 1.29 is 13.9 Å². The summed E-state index contributed by atoms with van der Waals surface area (Å²) in [6.07, 6.45) is 1.39. The van der Waals surface area contributed by atoms with E-state index in [4.69, 9.17) is 4.74 Å². The third-order valence-electron chi connectivity index (χ3n) is 3.15. The molecule has 0 spiro atoms. The molecule has 1 unspecified atom stereocenters. The first-order valence-electron chi connectivity index (χ1n) is 6.79. The van der Waals surface area contributed by atoms with E-state index in [2.05, 4.69) is 5.32 Å². The maximum Gasteiger partial charge on any atom is 0.330 e. The molecular formula is C15H22FNO2. The highest BCUT2D eigenvalue weighted by atomic mass is 19.1. The maximum absolute atomic E-state index is 13.4. The molecule has 1 aromatic rings. The van der Waals surface area contributed by atoms with E-state index in [1.807, 2.05) is 13.8 Å². The van der Waals surface area contributed by atoms with Crippen LogP contribution < -0.4 is 5.32 Å². The van der Waals surface area contributed by atoms with Gasteiger partial charge in [0.25, 0.3) is 0 Å². The van der Waals surface area contributed by atoms with Crippen LogP contribution in [-0.2, 0) is 15.1 Å². The number of carbonyl (C=O) groups excluding carboxylic acids is 1. The van der Waals surface area contributed by atoms with E-state index >= 15 is 0 Å².